The Morgan fingerprint density at radius 2 is 1.85 bits per heavy atom. The van der Waals surface area contributed by atoms with E-state index in [1.165, 1.54) is 37.0 Å². The van der Waals surface area contributed by atoms with E-state index < -0.39 is 0 Å². The molecule has 1 fully saturated rings. The van der Waals surface area contributed by atoms with Crippen molar-refractivity contribution in [1.29, 1.82) is 0 Å². The lowest BCUT2D eigenvalue weighted by Gasteiger charge is -2.17. The molecule has 26 heavy (non-hydrogen) atoms. The van der Waals surface area contributed by atoms with Crippen LogP contribution in [0.2, 0.25) is 10.0 Å². The van der Waals surface area contributed by atoms with Crippen LogP contribution in [0, 0.1) is 0 Å². The highest BCUT2D eigenvalue weighted by molar-refractivity contribution is 7.17. The monoisotopic (exact) mass is 407 g/mol. The fourth-order valence-electron chi connectivity index (χ4n) is 3.13. The van der Waals surface area contributed by atoms with Gasteiger partial charge in [-0.1, -0.05) is 59.5 Å². The number of hydrogen-bond donors (Lipinski definition) is 0. The van der Waals surface area contributed by atoms with Gasteiger partial charge in [-0.25, -0.2) is 0 Å². The first-order valence-electron chi connectivity index (χ1n) is 8.76. The predicted octanol–water partition coefficient (Wildman–Crippen LogP) is 5.04. The second-order valence-electron chi connectivity index (χ2n) is 6.44. The summed E-state index contributed by atoms with van der Waals surface area (Å²) >= 11 is 13.7. The van der Waals surface area contributed by atoms with Crippen molar-refractivity contribution in [2.45, 2.75) is 32.2 Å². The molecule has 8 heteroatoms. The number of halogens is 2. The molecule has 0 aliphatic carbocycles. The van der Waals surface area contributed by atoms with Crippen molar-refractivity contribution >= 4 is 51.7 Å². The van der Waals surface area contributed by atoms with E-state index in [0.29, 0.717) is 10.0 Å². The average Bonchev–Trinajstić information content (AvgIpc) is 3.07. The summed E-state index contributed by atoms with van der Waals surface area (Å²) in [7, 11) is 0. The van der Waals surface area contributed by atoms with Gasteiger partial charge in [-0.05, 0) is 49.7 Å². The van der Waals surface area contributed by atoms with Crippen LogP contribution in [0.1, 0.15) is 42.1 Å². The molecule has 0 bridgehead atoms. The molecular formula is C18H19Cl2N5S. The molecule has 0 atom stereocenters. The number of fused-ring (bicyclic) bond motifs is 1. The summed E-state index contributed by atoms with van der Waals surface area (Å²) in [6.07, 6.45) is 9.06. The number of rotatable bonds is 4. The fraction of sp³-hybridized carbons (Fsp3) is 0.389. The molecule has 3 aromatic rings. The third kappa shape index (κ3) is 4.09. The van der Waals surface area contributed by atoms with Crippen molar-refractivity contribution in [1.82, 2.24) is 24.7 Å². The van der Waals surface area contributed by atoms with E-state index in [9.17, 15) is 0 Å². The van der Waals surface area contributed by atoms with Crippen LogP contribution in [0.4, 0.5) is 0 Å². The van der Waals surface area contributed by atoms with E-state index in [4.69, 9.17) is 23.2 Å². The van der Waals surface area contributed by atoms with E-state index in [2.05, 4.69) is 20.2 Å². The van der Waals surface area contributed by atoms with Crippen molar-refractivity contribution in [2.24, 2.45) is 0 Å². The van der Waals surface area contributed by atoms with Crippen molar-refractivity contribution in [3.8, 4) is 0 Å². The van der Waals surface area contributed by atoms with Gasteiger partial charge in [-0.3, -0.25) is 4.90 Å². The smallest absolute Gasteiger partial charge is 0.235 e. The van der Waals surface area contributed by atoms with Gasteiger partial charge in [-0.2, -0.15) is 9.61 Å². The van der Waals surface area contributed by atoms with Gasteiger partial charge in [-0.15, -0.1) is 10.2 Å². The minimum Gasteiger partial charge on any atom is -0.296 e. The molecule has 1 saturated heterocycles. The second-order valence-corrected chi connectivity index (χ2v) is 8.27. The number of benzene rings is 1. The van der Waals surface area contributed by atoms with Crippen molar-refractivity contribution in [3.63, 3.8) is 0 Å². The van der Waals surface area contributed by atoms with Crippen molar-refractivity contribution in [2.75, 3.05) is 13.1 Å². The lowest BCUT2D eigenvalue weighted by atomic mass is 10.2. The number of aromatic nitrogens is 4. The van der Waals surface area contributed by atoms with Crippen LogP contribution in [0.5, 0.6) is 0 Å². The Labute approximate surface area is 166 Å². The quantitative estimate of drug-likeness (QED) is 0.607. The molecule has 1 aliphatic heterocycles. The first-order valence-corrected chi connectivity index (χ1v) is 10.3. The Balaban J connectivity index is 1.52. The zero-order valence-corrected chi connectivity index (χ0v) is 16.6. The van der Waals surface area contributed by atoms with E-state index in [1.807, 2.05) is 28.8 Å². The van der Waals surface area contributed by atoms with E-state index in [-0.39, 0.29) is 0 Å². The van der Waals surface area contributed by atoms with E-state index in [1.54, 1.807) is 6.07 Å². The van der Waals surface area contributed by atoms with Gasteiger partial charge < -0.3 is 0 Å². The van der Waals surface area contributed by atoms with E-state index >= 15 is 0 Å². The third-order valence-electron chi connectivity index (χ3n) is 4.50. The van der Waals surface area contributed by atoms with Gasteiger partial charge in [0.25, 0.3) is 0 Å². The zero-order valence-electron chi connectivity index (χ0n) is 14.2. The molecule has 0 saturated carbocycles. The minimum absolute atomic E-state index is 0.624. The van der Waals surface area contributed by atoms with Gasteiger partial charge in [0, 0.05) is 10.0 Å². The maximum atomic E-state index is 6.21. The first-order chi connectivity index (χ1) is 12.7. The molecule has 1 aromatic carbocycles. The Morgan fingerprint density at radius 3 is 2.62 bits per heavy atom. The van der Waals surface area contributed by atoms with Crippen LogP contribution in [0.25, 0.3) is 17.1 Å². The van der Waals surface area contributed by atoms with Crippen LogP contribution in [0.3, 0.4) is 0 Å². The highest BCUT2D eigenvalue weighted by Gasteiger charge is 2.15. The maximum absolute atomic E-state index is 6.21. The first kappa shape index (κ1) is 17.9. The van der Waals surface area contributed by atoms with Crippen LogP contribution in [-0.4, -0.2) is 37.8 Å². The second kappa shape index (κ2) is 8.05. The normalized spacial score (nSPS) is 16.5. The summed E-state index contributed by atoms with van der Waals surface area (Å²) in [5.74, 6) is 0.905. The Hall–Kier alpha value is -1.47. The molecule has 0 unspecified atom stereocenters. The molecule has 0 radical (unpaired) electrons. The Bertz CT molecular complexity index is 925. The maximum Gasteiger partial charge on any atom is 0.235 e. The van der Waals surface area contributed by atoms with Gasteiger partial charge in [0.2, 0.25) is 4.96 Å². The minimum atomic E-state index is 0.624. The lowest BCUT2D eigenvalue weighted by molar-refractivity contribution is 0.268. The van der Waals surface area contributed by atoms with Crippen molar-refractivity contribution in [3.05, 3.63) is 44.6 Å². The molecule has 0 N–H and O–H groups in total. The summed E-state index contributed by atoms with van der Waals surface area (Å²) in [6, 6.07) is 5.46. The Morgan fingerprint density at radius 1 is 1.04 bits per heavy atom. The molecule has 4 rings (SSSR count). The molecule has 5 nitrogen and oxygen atoms in total. The third-order valence-corrected chi connectivity index (χ3v) is 5.93. The largest absolute Gasteiger partial charge is 0.296 e. The predicted molar refractivity (Wildman–Crippen MR) is 108 cm³/mol. The number of hydrogen-bond acceptors (Lipinski definition) is 5. The molecule has 1 aliphatic rings. The number of likely N-dealkylation sites (tertiary alicyclic amines) is 1. The topological polar surface area (TPSA) is 46.3 Å². The summed E-state index contributed by atoms with van der Waals surface area (Å²) in [5.41, 5.74) is 0.909. The summed E-state index contributed by atoms with van der Waals surface area (Å²) in [4.78, 5) is 3.27. The fourth-order valence-corrected chi connectivity index (χ4v) is 4.36. The number of nitrogens with zero attached hydrogens (tertiary/aromatic N) is 5. The Kier molecular flexibility index (Phi) is 5.55. The van der Waals surface area contributed by atoms with Crippen LogP contribution in [0.15, 0.2) is 18.2 Å². The van der Waals surface area contributed by atoms with Crippen molar-refractivity contribution < 1.29 is 0 Å². The summed E-state index contributed by atoms with van der Waals surface area (Å²) in [5, 5.41) is 15.4. The molecule has 136 valence electrons. The molecule has 3 heterocycles. The van der Waals surface area contributed by atoms with E-state index in [0.717, 1.165) is 41.0 Å². The highest BCUT2D eigenvalue weighted by atomic mass is 35.5. The molecular weight excluding hydrogens is 389 g/mol. The SMILES string of the molecule is Clc1ccc(/C=C/c2nn3c(CN4CCCCCC4)nnc3s2)c(Cl)c1. The zero-order chi connectivity index (χ0) is 17.9. The average molecular weight is 408 g/mol. The van der Waals surface area contributed by atoms with Crippen LogP contribution in [-0.2, 0) is 6.54 Å². The van der Waals surface area contributed by atoms with Gasteiger partial charge in [0.1, 0.15) is 5.01 Å². The molecule has 0 spiro atoms. The summed E-state index contributed by atoms with van der Waals surface area (Å²) in [6.45, 7) is 3.05. The standard InChI is InChI=1S/C18H19Cl2N5S/c19-14-7-5-13(15(20)11-14)6-8-17-23-25-16(21-22-18(25)26-17)12-24-9-3-1-2-4-10-24/h5-8,11H,1-4,9-10,12H2/b8-6+. The lowest BCUT2D eigenvalue weighted by Crippen LogP contribution is -2.25. The van der Waals surface area contributed by atoms with Gasteiger partial charge >= 0.3 is 0 Å². The van der Waals surface area contributed by atoms with Crippen LogP contribution < -0.4 is 0 Å². The molecule has 2 aromatic heterocycles. The van der Waals surface area contributed by atoms with Crippen LogP contribution >= 0.6 is 34.5 Å². The summed E-state index contributed by atoms with van der Waals surface area (Å²) < 4.78 is 1.86. The molecule has 0 amide bonds. The highest BCUT2D eigenvalue weighted by Crippen LogP contribution is 2.24. The van der Waals surface area contributed by atoms with Gasteiger partial charge in [0.05, 0.1) is 6.54 Å². The van der Waals surface area contributed by atoms with Gasteiger partial charge in [0.15, 0.2) is 5.82 Å².